The van der Waals surface area contributed by atoms with Crippen LogP contribution in [0.1, 0.15) is 64.4 Å². The van der Waals surface area contributed by atoms with Crippen LogP contribution < -0.4 is 11.1 Å². The van der Waals surface area contributed by atoms with E-state index in [-0.39, 0.29) is 17.2 Å². The number of hydrogen-bond donors (Lipinski definition) is 3. The molecule has 0 radical (unpaired) electrons. The van der Waals surface area contributed by atoms with Crippen molar-refractivity contribution in [2.24, 2.45) is 11.1 Å². The van der Waals surface area contributed by atoms with Gasteiger partial charge in [-0.15, -0.1) is 0 Å². The maximum Gasteiger partial charge on any atom is 0.237 e. The Labute approximate surface area is 154 Å². The van der Waals surface area contributed by atoms with Gasteiger partial charge < -0.3 is 20.6 Å². The van der Waals surface area contributed by atoms with Crippen LogP contribution in [-0.2, 0) is 4.79 Å². The Balaban J connectivity index is 1.64. The van der Waals surface area contributed by atoms with E-state index < -0.39 is 18.2 Å². The highest BCUT2D eigenvalue weighted by Gasteiger charge is 2.34. The van der Waals surface area contributed by atoms with Crippen molar-refractivity contribution in [2.75, 3.05) is 0 Å². The van der Waals surface area contributed by atoms with Gasteiger partial charge in [0.1, 0.15) is 5.52 Å². The minimum Gasteiger partial charge on any atom is -0.438 e. The summed E-state index contributed by atoms with van der Waals surface area (Å²) >= 11 is 0. The fourth-order valence-electron chi connectivity index (χ4n) is 3.94. The molecule has 6 heteroatoms. The van der Waals surface area contributed by atoms with Crippen molar-refractivity contribution in [3.05, 3.63) is 30.2 Å². The average Bonchev–Trinajstić information content (AvgIpc) is 3.24. The number of benzene rings is 1. The maximum absolute atomic E-state index is 12.6. The molecule has 1 unspecified atom stereocenters. The lowest BCUT2D eigenvalue weighted by Gasteiger charge is -2.28. The third-order valence-electron chi connectivity index (χ3n) is 5.57. The van der Waals surface area contributed by atoms with Crippen molar-refractivity contribution in [3.63, 3.8) is 0 Å². The summed E-state index contributed by atoms with van der Waals surface area (Å²) in [7, 11) is 0. The molecule has 0 saturated heterocycles. The second-order valence-corrected chi connectivity index (χ2v) is 7.82. The van der Waals surface area contributed by atoms with Crippen molar-refractivity contribution >= 4 is 17.0 Å². The first kappa shape index (κ1) is 18.9. The molecule has 2 aromatic rings. The predicted molar refractivity (Wildman–Crippen MR) is 100 cm³/mol. The molecule has 1 saturated carbocycles. The number of carbonyl (C=O) groups is 1. The normalized spacial score (nSPS) is 20.0. The van der Waals surface area contributed by atoms with Gasteiger partial charge in [0.05, 0.1) is 12.1 Å². The number of nitrogens with one attached hydrogen (secondary N) is 1. The van der Waals surface area contributed by atoms with Crippen LogP contribution in [-0.4, -0.2) is 28.1 Å². The first-order chi connectivity index (χ1) is 12.4. The van der Waals surface area contributed by atoms with Gasteiger partial charge >= 0.3 is 0 Å². The molecule has 1 aliphatic rings. The molecule has 1 heterocycles. The summed E-state index contributed by atoms with van der Waals surface area (Å²) in [6, 6.07) is 6.29. The Hall–Kier alpha value is -1.92. The first-order valence-electron chi connectivity index (χ1n) is 9.51. The van der Waals surface area contributed by atoms with Gasteiger partial charge in [-0.05, 0) is 43.2 Å². The summed E-state index contributed by atoms with van der Waals surface area (Å²) in [5.74, 6) is -0.00480. The van der Waals surface area contributed by atoms with Gasteiger partial charge in [0.25, 0.3) is 0 Å². The quantitative estimate of drug-likeness (QED) is 0.705. The highest BCUT2D eigenvalue weighted by molar-refractivity contribution is 5.82. The van der Waals surface area contributed by atoms with Crippen LogP contribution in [0.3, 0.4) is 0 Å². The van der Waals surface area contributed by atoms with Crippen molar-refractivity contribution < 1.29 is 14.3 Å². The number of nitrogens with two attached hydrogens (primary N) is 1. The zero-order valence-corrected chi connectivity index (χ0v) is 15.6. The Morgan fingerprint density at radius 1 is 1.38 bits per heavy atom. The van der Waals surface area contributed by atoms with Gasteiger partial charge in [-0.3, -0.25) is 4.79 Å². The summed E-state index contributed by atoms with van der Waals surface area (Å²) in [6.07, 6.45) is 4.88. The number of aliphatic hydroxyl groups is 1. The van der Waals surface area contributed by atoms with E-state index in [9.17, 15) is 9.90 Å². The van der Waals surface area contributed by atoms with Crippen LogP contribution >= 0.6 is 0 Å². The lowest BCUT2D eigenvalue weighted by Crippen LogP contribution is -2.48. The molecule has 3 atom stereocenters. The third-order valence-corrected chi connectivity index (χ3v) is 5.57. The number of hydrogen-bond acceptors (Lipinski definition) is 5. The van der Waals surface area contributed by atoms with E-state index in [4.69, 9.17) is 10.2 Å². The van der Waals surface area contributed by atoms with Gasteiger partial charge in [-0.2, -0.15) is 0 Å². The van der Waals surface area contributed by atoms with E-state index >= 15 is 0 Å². The number of rotatable bonds is 7. The number of nitrogens with zero attached hydrogens (tertiary/aromatic N) is 1. The second kappa shape index (κ2) is 7.76. The van der Waals surface area contributed by atoms with Gasteiger partial charge in [-0.1, -0.05) is 38.8 Å². The monoisotopic (exact) mass is 359 g/mol. The standard InChI is InChI=1S/C20H29N3O3/c1-3-14(17(24)19-23-15-8-4-5-9-16(15)26-19)22-18(25)13(21)12-20(2)10-6-7-11-20/h4-5,8-9,13-14,17,24H,3,6-7,10-12,21H2,1-2H3,(H,22,25)/t13-,14-,17?/m0/s1. The van der Waals surface area contributed by atoms with Crippen LogP contribution in [0, 0.1) is 5.41 Å². The smallest absolute Gasteiger partial charge is 0.237 e. The number of amides is 1. The highest BCUT2D eigenvalue weighted by atomic mass is 16.4. The molecule has 1 amide bonds. The van der Waals surface area contributed by atoms with E-state index in [1.165, 1.54) is 12.8 Å². The topological polar surface area (TPSA) is 101 Å². The molecule has 4 N–H and O–H groups in total. The Kier molecular flexibility index (Phi) is 5.63. The largest absolute Gasteiger partial charge is 0.438 e. The van der Waals surface area contributed by atoms with Crippen LogP contribution in [0.25, 0.3) is 11.1 Å². The number of aliphatic hydroxyl groups excluding tert-OH is 1. The van der Waals surface area contributed by atoms with Crippen molar-refractivity contribution in [3.8, 4) is 0 Å². The third kappa shape index (κ3) is 4.07. The summed E-state index contributed by atoms with van der Waals surface area (Å²) in [6.45, 7) is 4.11. The summed E-state index contributed by atoms with van der Waals surface area (Å²) in [5.41, 5.74) is 7.61. The molecule has 1 aromatic heterocycles. The lowest BCUT2D eigenvalue weighted by molar-refractivity contribution is -0.124. The molecular formula is C20H29N3O3. The van der Waals surface area contributed by atoms with Gasteiger partial charge in [-0.25, -0.2) is 4.98 Å². The maximum atomic E-state index is 12.6. The summed E-state index contributed by atoms with van der Waals surface area (Å²) in [5, 5.41) is 13.5. The van der Waals surface area contributed by atoms with Crippen LogP contribution in [0.5, 0.6) is 0 Å². The molecule has 1 fully saturated rings. The van der Waals surface area contributed by atoms with E-state index in [1.54, 1.807) is 6.07 Å². The first-order valence-corrected chi connectivity index (χ1v) is 9.51. The van der Waals surface area contributed by atoms with Crippen LogP contribution in [0.4, 0.5) is 0 Å². The van der Waals surface area contributed by atoms with Gasteiger partial charge in [0.15, 0.2) is 11.7 Å². The number of oxazole rings is 1. The van der Waals surface area contributed by atoms with Gasteiger partial charge in [0, 0.05) is 0 Å². The molecular weight excluding hydrogens is 330 g/mol. The van der Waals surface area contributed by atoms with E-state index in [2.05, 4.69) is 17.2 Å². The molecule has 142 valence electrons. The molecule has 3 rings (SSSR count). The summed E-state index contributed by atoms with van der Waals surface area (Å²) < 4.78 is 5.63. The van der Waals surface area contributed by atoms with Crippen molar-refractivity contribution in [1.29, 1.82) is 0 Å². The minimum atomic E-state index is -1.01. The Morgan fingerprint density at radius 3 is 2.73 bits per heavy atom. The number of aromatic nitrogens is 1. The zero-order valence-electron chi connectivity index (χ0n) is 15.6. The van der Waals surface area contributed by atoms with Crippen LogP contribution in [0.15, 0.2) is 28.7 Å². The fourth-order valence-corrected chi connectivity index (χ4v) is 3.94. The molecule has 1 aromatic carbocycles. The highest BCUT2D eigenvalue weighted by Crippen LogP contribution is 2.41. The van der Waals surface area contributed by atoms with E-state index in [0.29, 0.717) is 23.9 Å². The SMILES string of the molecule is CC[C@H](NC(=O)[C@@H](N)CC1(C)CCCC1)C(O)c1nc2ccccc2o1. The van der Waals surface area contributed by atoms with Gasteiger partial charge in [0.2, 0.25) is 11.8 Å². The predicted octanol–water partition coefficient (Wildman–Crippen LogP) is 3.05. The minimum absolute atomic E-state index is 0.150. The second-order valence-electron chi connectivity index (χ2n) is 7.82. The van der Waals surface area contributed by atoms with Crippen molar-refractivity contribution in [1.82, 2.24) is 10.3 Å². The molecule has 0 spiro atoms. The number of carbonyl (C=O) groups excluding carboxylic acids is 1. The van der Waals surface area contributed by atoms with Crippen molar-refractivity contribution in [2.45, 2.75) is 70.6 Å². The molecule has 0 bridgehead atoms. The average molecular weight is 359 g/mol. The Bertz CT molecular complexity index is 719. The number of fused-ring (bicyclic) bond motifs is 1. The molecule has 1 aliphatic carbocycles. The zero-order chi connectivity index (χ0) is 18.7. The van der Waals surface area contributed by atoms with E-state index in [0.717, 1.165) is 12.8 Å². The lowest BCUT2D eigenvalue weighted by atomic mass is 9.82. The molecule has 26 heavy (non-hydrogen) atoms. The van der Waals surface area contributed by atoms with E-state index in [1.807, 2.05) is 25.1 Å². The van der Waals surface area contributed by atoms with Crippen LogP contribution in [0.2, 0.25) is 0 Å². The number of para-hydroxylation sites is 2. The molecule has 6 nitrogen and oxygen atoms in total. The summed E-state index contributed by atoms with van der Waals surface area (Å²) in [4.78, 5) is 16.9. The fraction of sp³-hybridized carbons (Fsp3) is 0.600. The Morgan fingerprint density at radius 2 is 2.08 bits per heavy atom. The molecule has 0 aliphatic heterocycles.